The third kappa shape index (κ3) is 5.53. The Morgan fingerprint density at radius 3 is 2.47 bits per heavy atom. The first-order valence-corrected chi connectivity index (χ1v) is 12.9. The van der Waals surface area contributed by atoms with Gasteiger partial charge in [-0.3, -0.25) is 14.5 Å². The molecule has 0 saturated carbocycles. The summed E-state index contributed by atoms with van der Waals surface area (Å²) in [7, 11) is 0. The molecule has 8 nitrogen and oxygen atoms in total. The van der Waals surface area contributed by atoms with Gasteiger partial charge in [0.1, 0.15) is 10.3 Å². The van der Waals surface area contributed by atoms with Crippen molar-refractivity contribution in [2.75, 3.05) is 37.6 Å². The summed E-state index contributed by atoms with van der Waals surface area (Å²) in [6.45, 7) is 6.33. The summed E-state index contributed by atoms with van der Waals surface area (Å²) in [5.41, 5.74) is 6.17. The molecule has 3 heterocycles. The fraction of sp³-hybridized carbons (Fsp3) is 0.500. The Bertz CT molecular complexity index is 1030. The predicted octanol–water partition coefficient (Wildman–Crippen LogP) is 3.59. The molecule has 1 atom stereocenters. The summed E-state index contributed by atoms with van der Waals surface area (Å²) in [5, 5.41) is 0.637. The number of hydrogen-bond donors (Lipinski definition) is 1. The maximum absolute atomic E-state index is 12.9. The molecule has 182 valence electrons. The molecule has 2 saturated heterocycles. The predicted molar refractivity (Wildman–Crippen MR) is 136 cm³/mol. The zero-order valence-electron chi connectivity index (χ0n) is 19.3. The van der Waals surface area contributed by atoms with Crippen molar-refractivity contribution in [3.05, 3.63) is 51.3 Å². The second-order valence-electron chi connectivity index (χ2n) is 8.89. The minimum Gasteiger partial charge on any atom is -0.364 e. The number of carbonyl (C=O) groups excluding carboxylic acids is 2. The van der Waals surface area contributed by atoms with E-state index in [-0.39, 0.29) is 11.6 Å². The topological polar surface area (TPSA) is 95.7 Å². The normalized spacial score (nSPS) is 19.9. The second-order valence-corrected chi connectivity index (χ2v) is 10.1. The molecule has 2 aromatic rings. The number of rotatable bonds is 6. The first-order chi connectivity index (χ1) is 16.4. The third-order valence-corrected chi connectivity index (χ3v) is 7.51. The van der Waals surface area contributed by atoms with Crippen molar-refractivity contribution in [1.82, 2.24) is 19.8 Å². The van der Waals surface area contributed by atoms with Gasteiger partial charge >= 0.3 is 0 Å². The van der Waals surface area contributed by atoms with E-state index < -0.39 is 5.91 Å². The van der Waals surface area contributed by atoms with E-state index in [9.17, 15) is 9.59 Å². The molecular formula is C24H30BrClN6O2. The summed E-state index contributed by atoms with van der Waals surface area (Å²) in [6, 6.07) is 7.97. The molecule has 2 fully saturated rings. The number of primary amides is 1. The Hall–Kier alpha value is -2.23. The molecule has 0 aliphatic carbocycles. The van der Waals surface area contributed by atoms with Crippen LogP contribution in [0.3, 0.4) is 0 Å². The molecule has 1 aromatic heterocycles. The number of hydrogen-bond acceptors (Lipinski definition) is 6. The van der Waals surface area contributed by atoms with Crippen LogP contribution in [0.4, 0.5) is 5.82 Å². The van der Waals surface area contributed by atoms with Gasteiger partial charge in [0.2, 0.25) is 0 Å². The maximum atomic E-state index is 12.9. The highest BCUT2D eigenvalue weighted by Gasteiger charge is 2.35. The summed E-state index contributed by atoms with van der Waals surface area (Å²) in [6.07, 6.45) is 5.56. The maximum Gasteiger partial charge on any atom is 0.268 e. The van der Waals surface area contributed by atoms with E-state index in [0.717, 1.165) is 64.2 Å². The quantitative estimate of drug-likeness (QED) is 0.592. The van der Waals surface area contributed by atoms with E-state index in [1.165, 1.54) is 6.20 Å². The summed E-state index contributed by atoms with van der Waals surface area (Å²) in [4.78, 5) is 39.8. The lowest BCUT2D eigenvalue weighted by molar-refractivity contribution is 0.0480. The van der Waals surface area contributed by atoms with Gasteiger partial charge in [0, 0.05) is 55.4 Å². The minimum atomic E-state index is -0.589. The van der Waals surface area contributed by atoms with Crippen molar-refractivity contribution in [3.63, 3.8) is 0 Å². The molecule has 2 amide bonds. The molecule has 2 N–H and O–H groups in total. The van der Waals surface area contributed by atoms with Gasteiger partial charge in [-0.15, -0.1) is 0 Å². The van der Waals surface area contributed by atoms with E-state index in [1.807, 2.05) is 4.90 Å². The molecule has 10 heteroatoms. The fourth-order valence-corrected chi connectivity index (χ4v) is 5.67. The average molecular weight is 550 g/mol. The zero-order chi connectivity index (χ0) is 24.2. The Kier molecular flexibility index (Phi) is 8.06. The third-order valence-electron chi connectivity index (χ3n) is 6.73. The Balaban J connectivity index is 1.39. The van der Waals surface area contributed by atoms with Gasteiger partial charge in [-0.1, -0.05) is 24.9 Å². The number of nitrogens with zero attached hydrogens (tertiary/aromatic N) is 5. The second kappa shape index (κ2) is 11.0. The van der Waals surface area contributed by atoms with Gasteiger partial charge < -0.3 is 15.5 Å². The molecule has 2 aliphatic rings. The first kappa shape index (κ1) is 24.9. The van der Waals surface area contributed by atoms with Gasteiger partial charge in [0.25, 0.3) is 11.8 Å². The van der Waals surface area contributed by atoms with Gasteiger partial charge in [0.15, 0.2) is 5.82 Å². The number of nitrogens with two attached hydrogens (primary N) is 1. The van der Waals surface area contributed by atoms with Crippen LogP contribution in [0, 0.1) is 0 Å². The molecule has 0 spiro atoms. The molecular weight excluding hydrogens is 520 g/mol. The Morgan fingerprint density at radius 1 is 1.15 bits per heavy atom. The van der Waals surface area contributed by atoms with Crippen molar-refractivity contribution in [1.29, 1.82) is 0 Å². The highest BCUT2D eigenvalue weighted by molar-refractivity contribution is 9.10. The SMILES string of the molecule is CCC[C@H]1CN(c2ncc(C(N)=O)nc2Br)CCN1C1CCN(C(=O)c2ccc(Cl)cc2)CC1. The molecule has 0 radical (unpaired) electrons. The molecule has 1 aromatic carbocycles. The van der Waals surface area contributed by atoms with Crippen LogP contribution in [0.15, 0.2) is 35.1 Å². The number of likely N-dealkylation sites (tertiary alicyclic amines) is 1. The molecule has 2 aliphatic heterocycles. The Labute approximate surface area is 213 Å². The number of halogens is 2. The molecule has 0 unspecified atom stereocenters. The monoisotopic (exact) mass is 548 g/mol. The lowest BCUT2D eigenvalue weighted by Crippen LogP contribution is -2.59. The minimum absolute atomic E-state index is 0.0767. The number of amides is 2. The van der Waals surface area contributed by atoms with E-state index in [4.69, 9.17) is 17.3 Å². The van der Waals surface area contributed by atoms with Crippen LogP contribution in [0.2, 0.25) is 5.02 Å². The van der Waals surface area contributed by atoms with Crippen LogP contribution < -0.4 is 10.6 Å². The highest BCUT2D eigenvalue weighted by Crippen LogP contribution is 2.29. The Morgan fingerprint density at radius 2 is 1.85 bits per heavy atom. The van der Waals surface area contributed by atoms with Crippen molar-refractivity contribution >= 4 is 45.2 Å². The van der Waals surface area contributed by atoms with Gasteiger partial charge in [-0.05, 0) is 59.5 Å². The van der Waals surface area contributed by atoms with Crippen LogP contribution >= 0.6 is 27.5 Å². The number of piperazine rings is 1. The number of benzene rings is 1. The summed E-state index contributed by atoms with van der Waals surface area (Å²) in [5.74, 6) is 0.233. The standard InChI is InChI=1S/C24H30BrClN6O2/c1-2-3-19-15-31(23-21(25)29-20(14-28-23)22(27)33)12-13-32(19)18-8-10-30(11-9-18)24(34)16-4-6-17(26)7-5-16/h4-7,14,18-19H,2-3,8-13,15H2,1H3,(H2,27,33)/t19-/m0/s1. The molecule has 34 heavy (non-hydrogen) atoms. The number of piperidine rings is 1. The number of carbonyl (C=O) groups is 2. The van der Waals surface area contributed by atoms with E-state index >= 15 is 0 Å². The van der Waals surface area contributed by atoms with Crippen molar-refractivity contribution in [2.24, 2.45) is 5.73 Å². The number of aromatic nitrogens is 2. The largest absolute Gasteiger partial charge is 0.364 e. The summed E-state index contributed by atoms with van der Waals surface area (Å²) < 4.78 is 0.543. The van der Waals surface area contributed by atoms with Crippen LogP contribution in [0.1, 0.15) is 53.5 Å². The lowest BCUT2D eigenvalue weighted by Gasteiger charge is -2.48. The first-order valence-electron chi connectivity index (χ1n) is 11.7. The van der Waals surface area contributed by atoms with E-state index in [1.54, 1.807) is 24.3 Å². The van der Waals surface area contributed by atoms with Crippen LogP contribution in [-0.4, -0.2) is 76.4 Å². The van der Waals surface area contributed by atoms with Crippen LogP contribution in [0.5, 0.6) is 0 Å². The van der Waals surface area contributed by atoms with Gasteiger partial charge in [0.05, 0.1) is 6.20 Å². The highest BCUT2D eigenvalue weighted by atomic mass is 79.9. The summed E-state index contributed by atoms with van der Waals surface area (Å²) >= 11 is 9.43. The van der Waals surface area contributed by atoms with E-state index in [0.29, 0.717) is 27.3 Å². The fourth-order valence-electron chi connectivity index (χ4n) is 5.00. The van der Waals surface area contributed by atoms with Crippen molar-refractivity contribution in [2.45, 2.75) is 44.7 Å². The van der Waals surface area contributed by atoms with Crippen LogP contribution in [-0.2, 0) is 0 Å². The van der Waals surface area contributed by atoms with Crippen molar-refractivity contribution < 1.29 is 9.59 Å². The van der Waals surface area contributed by atoms with Gasteiger partial charge in [-0.2, -0.15) is 0 Å². The zero-order valence-corrected chi connectivity index (χ0v) is 21.6. The van der Waals surface area contributed by atoms with Crippen LogP contribution in [0.25, 0.3) is 0 Å². The van der Waals surface area contributed by atoms with Crippen molar-refractivity contribution in [3.8, 4) is 0 Å². The number of anilines is 1. The average Bonchev–Trinajstić information content (AvgIpc) is 2.84. The lowest BCUT2D eigenvalue weighted by atomic mass is 9.97. The smallest absolute Gasteiger partial charge is 0.268 e. The molecule has 4 rings (SSSR count). The van der Waals surface area contributed by atoms with Gasteiger partial charge in [-0.25, -0.2) is 9.97 Å². The molecule has 0 bridgehead atoms. The van der Waals surface area contributed by atoms with E-state index in [2.05, 4.69) is 42.6 Å².